The average Bonchev–Trinajstić information content (AvgIpc) is 3.46. The Morgan fingerprint density at radius 1 is 1.19 bits per heavy atom. The van der Waals surface area contributed by atoms with Gasteiger partial charge >= 0.3 is 6.18 Å². The zero-order valence-corrected chi connectivity index (χ0v) is 13.6. The molecule has 1 heterocycles. The SMILES string of the molecule is O=C(NC(O)c1cncc(C2CC2)c1)[C@@](O)(c1ccccc1)C(F)(F)F. The van der Waals surface area contributed by atoms with Gasteiger partial charge in [0.25, 0.3) is 11.5 Å². The lowest BCUT2D eigenvalue weighted by Gasteiger charge is -2.30. The van der Waals surface area contributed by atoms with Crippen LogP contribution >= 0.6 is 0 Å². The summed E-state index contributed by atoms with van der Waals surface area (Å²) in [6, 6.07) is 7.59. The van der Waals surface area contributed by atoms with Gasteiger partial charge in [0.15, 0.2) is 6.23 Å². The number of hydrogen-bond acceptors (Lipinski definition) is 4. The first kappa shape index (κ1) is 18.3. The molecule has 8 heteroatoms. The molecule has 26 heavy (non-hydrogen) atoms. The van der Waals surface area contributed by atoms with E-state index in [0.717, 1.165) is 30.5 Å². The third kappa shape index (κ3) is 3.42. The van der Waals surface area contributed by atoms with Crippen molar-refractivity contribution in [2.45, 2.75) is 36.8 Å². The number of nitrogens with one attached hydrogen (secondary N) is 1. The fraction of sp³-hybridized carbons (Fsp3) is 0.333. The second-order valence-corrected chi connectivity index (χ2v) is 6.28. The van der Waals surface area contributed by atoms with Crippen molar-refractivity contribution in [2.24, 2.45) is 0 Å². The fourth-order valence-electron chi connectivity index (χ4n) is 2.68. The van der Waals surface area contributed by atoms with Crippen molar-refractivity contribution < 1.29 is 28.2 Å². The molecule has 0 aliphatic heterocycles. The molecule has 1 unspecified atom stereocenters. The summed E-state index contributed by atoms with van der Waals surface area (Å²) in [5.74, 6) is -1.44. The van der Waals surface area contributed by atoms with Gasteiger partial charge in [0.05, 0.1) is 0 Å². The van der Waals surface area contributed by atoms with E-state index in [-0.39, 0.29) is 5.56 Å². The topological polar surface area (TPSA) is 82.5 Å². The number of rotatable bonds is 5. The molecule has 1 aliphatic carbocycles. The van der Waals surface area contributed by atoms with E-state index in [1.165, 1.54) is 24.4 Å². The summed E-state index contributed by atoms with van der Waals surface area (Å²) in [6.07, 6.45) is -2.17. The van der Waals surface area contributed by atoms with E-state index in [1.54, 1.807) is 12.3 Å². The molecule has 0 saturated heterocycles. The predicted octanol–water partition coefficient (Wildman–Crippen LogP) is 2.52. The third-order valence-electron chi connectivity index (χ3n) is 4.34. The average molecular weight is 366 g/mol. The number of halogens is 3. The van der Waals surface area contributed by atoms with Gasteiger partial charge in [-0.1, -0.05) is 30.3 Å². The van der Waals surface area contributed by atoms with E-state index in [4.69, 9.17) is 0 Å². The minimum Gasteiger partial charge on any atom is -0.369 e. The van der Waals surface area contributed by atoms with Crippen molar-refractivity contribution in [1.29, 1.82) is 0 Å². The van der Waals surface area contributed by atoms with Crippen LogP contribution in [0.1, 0.15) is 41.7 Å². The van der Waals surface area contributed by atoms with Crippen LogP contribution in [-0.2, 0) is 10.4 Å². The Bertz CT molecular complexity index is 794. The largest absolute Gasteiger partial charge is 0.430 e. The van der Waals surface area contributed by atoms with Crippen LogP contribution in [0.2, 0.25) is 0 Å². The number of carbonyl (C=O) groups is 1. The molecular weight excluding hydrogens is 349 g/mol. The zero-order valence-electron chi connectivity index (χ0n) is 13.6. The van der Waals surface area contributed by atoms with Crippen LogP contribution in [0.15, 0.2) is 48.8 Å². The van der Waals surface area contributed by atoms with Crippen molar-refractivity contribution in [2.75, 3.05) is 0 Å². The van der Waals surface area contributed by atoms with E-state index < -0.39 is 29.5 Å². The van der Waals surface area contributed by atoms with Crippen molar-refractivity contribution in [3.05, 3.63) is 65.5 Å². The maximum Gasteiger partial charge on any atom is 0.430 e. The minimum atomic E-state index is -5.27. The third-order valence-corrected chi connectivity index (χ3v) is 4.34. The number of nitrogens with zero attached hydrogens (tertiary/aromatic N) is 1. The molecule has 1 aromatic heterocycles. The Labute approximate surface area is 147 Å². The summed E-state index contributed by atoms with van der Waals surface area (Å²) in [5.41, 5.74) is -3.41. The first-order chi connectivity index (χ1) is 12.2. The van der Waals surface area contributed by atoms with Gasteiger partial charge in [-0.15, -0.1) is 0 Å². The number of alkyl halides is 3. The molecule has 2 aromatic rings. The normalized spacial score (nSPS) is 18.0. The van der Waals surface area contributed by atoms with Crippen LogP contribution in [0.25, 0.3) is 0 Å². The highest BCUT2D eigenvalue weighted by molar-refractivity contribution is 5.87. The lowest BCUT2D eigenvalue weighted by molar-refractivity contribution is -0.258. The number of aliphatic hydroxyl groups excluding tert-OH is 1. The van der Waals surface area contributed by atoms with E-state index in [2.05, 4.69) is 4.98 Å². The summed E-state index contributed by atoms with van der Waals surface area (Å²) in [5, 5.41) is 22.2. The lowest BCUT2D eigenvalue weighted by Crippen LogP contribution is -2.55. The van der Waals surface area contributed by atoms with Crippen LogP contribution in [0.4, 0.5) is 13.2 Å². The molecule has 2 atom stereocenters. The van der Waals surface area contributed by atoms with E-state index in [0.29, 0.717) is 5.92 Å². The summed E-state index contributed by atoms with van der Waals surface area (Å²) in [6.45, 7) is 0. The molecule has 1 aromatic carbocycles. The van der Waals surface area contributed by atoms with Crippen LogP contribution in [0, 0.1) is 0 Å². The van der Waals surface area contributed by atoms with Gasteiger partial charge < -0.3 is 15.5 Å². The van der Waals surface area contributed by atoms with Crippen molar-refractivity contribution in [1.82, 2.24) is 10.3 Å². The van der Waals surface area contributed by atoms with Gasteiger partial charge in [0.2, 0.25) is 0 Å². The first-order valence-corrected chi connectivity index (χ1v) is 8.02. The highest BCUT2D eigenvalue weighted by atomic mass is 19.4. The standard InChI is InChI=1S/C18H17F3N2O3/c19-18(20,21)17(26,14-4-2-1-3-5-14)16(25)23-15(24)13-8-12(9-22-10-13)11-6-7-11/h1-5,8-11,15,24,26H,6-7H2,(H,23,25)/t15?,17-/m0/s1. The number of carbonyl (C=O) groups excluding carboxylic acids is 1. The number of benzene rings is 1. The maximum atomic E-state index is 13.5. The minimum absolute atomic E-state index is 0.153. The molecular formula is C18H17F3N2O3. The molecule has 1 saturated carbocycles. The summed E-state index contributed by atoms with van der Waals surface area (Å²) < 4.78 is 40.4. The Balaban J connectivity index is 1.85. The quantitative estimate of drug-likeness (QED) is 0.710. The van der Waals surface area contributed by atoms with Gasteiger partial charge in [-0.25, -0.2) is 0 Å². The zero-order chi connectivity index (χ0) is 18.9. The van der Waals surface area contributed by atoms with Crippen LogP contribution < -0.4 is 5.32 Å². The highest BCUT2D eigenvalue weighted by Gasteiger charge is 2.61. The molecule has 5 nitrogen and oxygen atoms in total. The highest BCUT2D eigenvalue weighted by Crippen LogP contribution is 2.41. The van der Waals surface area contributed by atoms with E-state index >= 15 is 0 Å². The number of aliphatic hydroxyl groups is 2. The van der Waals surface area contributed by atoms with Gasteiger partial charge in [0, 0.05) is 23.5 Å². The number of pyridine rings is 1. The van der Waals surface area contributed by atoms with Crippen molar-refractivity contribution in [3.63, 3.8) is 0 Å². The van der Waals surface area contributed by atoms with Gasteiger partial charge in [0.1, 0.15) is 0 Å². The van der Waals surface area contributed by atoms with Crippen LogP contribution in [-0.4, -0.2) is 27.3 Å². The van der Waals surface area contributed by atoms with Gasteiger partial charge in [-0.2, -0.15) is 13.2 Å². The number of amides is 1. The second kappa shape index (κ2) is 6.69. The Kier molecular flexibility index (Phi) is 4.72. The summed E-state index contributed by atoms with van der Waals surface area (Å²) >= 11 is 0. The molecule has 3 rings (SSSR count). The Hall–Kier alpha value is -2.45. The van der Waals surface area contributed by atoms with Crippen LogP contribution in [0.3, 0.4) is 0 Å². The van der Waals surface area contributed by atoms with E-state index in [1.807, 2.05) is 5.32 Å². The second-order valence-electron chi connectivity index (χ2n) is 6.28. The molecule has 3 N–H and O–H groups in total. The molecule has 1 fully saturated rings. The van der Waals surface area contributed by atoms with Gasteiger partial charge in [-0.05, 0) is 30.4 Å². The molecule has 0 radical (unpaired) electrons. The summed E-state index contributed by atoms with van der Waals surface area (Å²) in [4.78, 5) is 16.2. The fourth-order valence-corrected chi connectivity index (χ4v) is 2.68. The number of aromatic nitrogens is 1. The Morgan fingerprint density at radius 2 is 1.85 bits per heavy atom. The summed E-state index contributed by atoms with van der Waals surface area (Å²) in [7, 11) is 0. The maximum absolute atomic E-state index is 13.5. The Morgan fingerprint density at radius 3 is 2.42 bits per heavy atom. The monoisotopic (exact) mass is 366 g/mol. The van der Waals surface area contributed by atoms with Crippen molar-refractivity contribution >= 4 is 5.91 Å². The lowest BCUT2D eigenvalue weighted by atomic mass is 9.92. The number of hydrogen-bond donors (Lipinski definition) is 3. The molecule has 138 valence electrons. The molecule has 0 spiro atoms. The van der Waals surface area contributed by atoms with Crippen molar-refractivity contribution in [3.8, 4) is 0 Å². The molecule has 1 amide bonds. The molecule has 0 bridgehead atoms. The van der Waals surface area contributed by atoms with Crippen LogP contribution in [0.5, 0.6) is 0 Å². The molecule has 1 aliphatic rings. The predicted molar refractivity (Wildman–Crippen MR) is 85.7 cm³/mol. The van der Waals surface area contributed by atoms with E-state index in [9.17, 15) is 28.2 Å². The van der Waals surface area contributed by atoms with Gasteiger partial charge in [-0.3, -0.25) is 9.78 Å². The first-order valence-electron chi connectivity index (χ1n) is 8.02. The smallest absolute Gasteiger partial charge is 0.369 e.